The zero-order valence-corrected chi connectivity index (χ0v) is 16.5. The Morgan fingerprint density at radius 1 is 0.808 bits per heavy atom. The molecular weight excluding hydrogens is 388 g/mol. The fraction of sp³-hybridized carbons (Fsp3) is 0.182. The molecule has 4 heteroatoms. The molecule has 0 aliphatic carbocycles. The van der Waals surface area contributed by atoms with Crippen LogP contribution in [0.2, 0.25) is 0 Å². The largest absolute Gasteiger partial charge is 0.493 e. The summed E-state index contributed by atoms with van der Waals surface area (Å²) in [6, 6.07) is 24.0. The van der Waals surface area contributed by atoms with Crippen molar-refractivity contribution in [3.05, 3.63) is 77.3 Å². The Bertz CT molecular complexity index is 871. The van der Waals surface area contributed by atoms with Crippen molar-refractivity contribution in [2.45, 2.75) is 13.8 Å². The van der Waals surface area contributed by atoms with Crippen molar-refractivity contribution in [3.63, 3.8) is 0 Å². The molecule has 0 aromatic heterocycles. The van der Waals surface area contributed by atoms with Gasteiger partial charge in [-0.05, 0) is 65.6 Å². The average molecular weight is 409 g/mol. The molecule has 0 N–H and O–H groups in total. The van der Waals surface area contributed by atoms with Crippen LogP contribution in [0.1, 0.15) is 13.8 Å². The summed E-state index contributed by atoms with van der Waals surface area (Å²) in [6.07, 6.45) is 0. The van der Waals surface area contributed by atoms with E-state index in [9.17, 15) is 0 Å². The molecule has 0 atom stereocenters. The van der Waals surface area contributed by atoms with E-state index in [4.69, 9.17) is 4.74 Å². The first kappa shape index (κ1) is 18.3. The maximum Gasteiger partial charge on any atom is 0.119 e. The predicted molar refractivity (Wildman–Crippen MR) is 111 cm³/mol. The van der Waals surface area contributed by atoms with Crippen molar-refractivity contribution in [1.82, 2.24) is 0 Å². The molecule has 0 amide bonds. The zero-order valence-electron chi connectivity index (χ0n) is 14.9. The highest BCUT2D eigenvalue weighted by Crippen LogP contribution is 2.27. The molecule has 3 rings (SSSR count). The summed E-state index contributed by atoms with van der Waals surface area (Å²) in [5, 5.41) is 8.55. The smallest absolute Gasteiger partial charge is 0.119 e. The first-order valence-corrected chi connectivity index (χ1v) is 9.40. The summed E-state index contributed by atoms with van der Waals surface area (Å²) in [7, 11) is 0. The van der Waals surface area contributed by atoms with Gasteiger partial charge in [-0.3, -0.25) is 0 Å². The fourth-order valence-corrected chi connectivity index (χ4v) is 2.64. The number of halogens is 1. The van der Waals surface area contributed by atoms with Crippen molar-refractivity contribution in [1.29, 1.82) is 0 Å². The third kappa shape index (κ3) is 5.27. The van der Waals surface area contributed by atoms with Gasteiger partial charge in [0.15, 0.2) is 0 Å². The summed E-state index contributed by atoms with van der Waals surface area (Å²) in [5.74, 6) is 1.41. The Kier molecular flexibility index (Phi) is 6.18. The summed E-state index contributed by atoms with van der Waals surface area (Å²) < 4.78 is 6.84. The highest BCUT2D eigenvalue weighted by atomic mass is 79.9. The third-order valence-corrected chi connectivity index (χ3v) is 4.25. The molecule has 0 bridgehead atoms. The molecule has 0 saturated carbocycles. The minimum absolute atomic E-state index is 0.508. The van der Waals surface area contributed by atoms with E-state index in [-0.39, 0.29) is 0 Å². The van der Waals surface area contributed by atoms with E-state index in [1.54, 1.807) is 0 Å². The minimum atomic E-state index is 0.508. The quantitative estimate of drug-likeness (QED) is 0.387. The number of hydrogen-bond donors (Lipinski definition) is 0. The molecule has 132 valence electrons. The van der Waals surface area contributed by atoms with Gasteiger partial charge in [-0.15, -0.1) is 0 Å². The van der Waals surface area contributed by atoms with E-state index in [2.05, 4.69) is 64.3 Å². The molecule has 0 saturated heterocycles. The normalized spacial score (nSPS) is 11.2. The molecule has 0 aliphatic rings. The molecule has 0 unspecified atom stereocenters. The minimum Gasteiger partial charge on any atom is -0.493 e. The molecular formula is C22H21BrN2O. The Labute approximate surface area is 162 Å². The summed E-state index contributed by atoms with van der Waals surface area (Å²) in [6.45, 7) is 5.01. The van der Waals surface area contributed by atoms with Gasteiger partial charge in [0.05, 0.1) is 18.0 Å². The number of nitrogens with zero attached hydrogens (tertiary/aromatic N) is 2. The molecule has 3 aromatic rings. The summed E-state index contributed by atoms with van der Waals surface area (Å²) in [5.41, 5.74) is 3.90. The number of ether oxygens (including phenoxy) is 1. The molecule has 0 spiro atoms. The zero-order chi connectivity index (χ0) is 18.4. The lowest BCUT2D eigenvalue weighted by Gasteiger charge is -2.10. The number of hydrogen-bond acceptors (Lipinski definition) is 3. The first-order valence-electron chi connectivity index (χ1n) is 8.61. The lowest BCUT2D eigenvalue weighted by molar-refractivity contribution is 0.271. The van der Waals surface area contributed by atoms with Gasteiger partial charge < -0.3 is 4.74 Å². The molecule has 0 aliphatic heterocycles. The van der Waals surface area contributed by atoms with E-state index in [1.807, 2.05) is 48.5 Å². The van der Waals surface area contributed by atoms with E-state index < -0.39 is 0 Å². The maximum absolute atomic E-state index is 5.81. The third-order valence-electron chi connectivity index (χ3n) is 3.73. The SMILES string of the molecule is CC(C)COc1cccc(-c2ccc(N=Nc3ccc(Br)cc3)cc2)c1. The topological polar surface area (TPSA) is 34.0 Å². The van der Waals surface area contributed by atoms with Crippen LogP contribution in [0, 0.1) is 5.92 Å². The van der Waals surface area contributed by atoms with Crippen LogP contribution in [0.25, 0.3) is 11.1 Å². The van der Waals surface area contributed by atoms with Crippen molar-refractivity contribution in [2.24, 2.45) is 16.1 Å². The van der Waals surface area contributed by atoms with Crippen molar-refractivity contribution in [3.8, 4) is 16.9 Å². The predicted octanol–water partition coefficient (Wildman–Crippen LogP) is 7.57. The van der Waals surface area contributed by atoms with Crippen LogP contribution >= 0.6 is 15.9 Å². The van der Waals surface area contributed by atoms with Crippen LogP contribution in [-0.4, -0.2) is 6.61 Å². The van der Waals surface area contributed by atoms with Crippen molar-refractivity contribution in [2.75, 3.05) is 6.61 Å². The standard InChI is InChI=1S/C22H21BrN2O/c1-16(2)15-26-22-5-3-4-18(14-22)17-6-10-20(11-7-17)24-25-21-12-8-19(23)9-13-21/h3-14,16H,15H2,1-2H3. The summed E-state index contributed by atoms with van der Waals surface area (Å²) >= 11 is 3.41. The molecule has 0 radical (unpaired) electrons. The van der Waals surface area contributed by atoms with Crippen LogP contribution in [-0.2, 0) is 0 Å². The second kappa shape index (κ2) is 8.77. The van der Waals surface area contributed by atoms with Gasteiger partial charge >= 0.3 is 0 Å². The second-order valence-electron chi connectivity index (χ2n) is 6.46. The highest BCUT2D eigenvalue weighted by Gasteiger charge is 2.02. The van der Waals surface area contributed by atoms with Crippen LogP contribution in [0.15, 0.2) is 87.5 Å². The van der Waals surface area contributed by atoms with Crippen LogP contribution in [0.4, 0.5) is 11.4 Å². The van der Waals surface area contributed by atoms with Gasteiger partial charge in [-0.1, -0.05) is 54.0 Å². The number of benzene rings is 3. The Hall–Kier alpha value is -2.46. The van der Waals surface area contributed by atoms with E-state index in [0.29, 0.717) is 5.92 Å². The number of rotatable bonds is 6. The maximum atomic E-state index is 5.81. The molecule has 0 heterocycles. The lowest BCUT2D eigenvalue weighted by Crippen LogP contribution is -2.04. The monoisotopic (exact) mass is 408 g/mol. The number of azo groups is 1. The van der Waals surface area contributed by atoms with Gasteiger partial charge in [0.2, 0.25) is 0 Å². The van der Waals surface area contributed by atoms with Crippen molar-refractivity contribution < 1.29 is 4.74 Å². The molecule has 0 fully saturated rings. The van der Waals surface area contributed by atoms with Gasteiger partial charge in [-0.25, -0.2) is 0 Å². The molecule has 3 nitrogen and oxygen atoms in total. The van der Waals surface area contributed by atoms with Gasteiger partial charge in [0.1, 0.15) is 5.75 Å². The Morgan fingerprint density at radius 3 is 2.04 bits per heavy atom. The molecule has 26 heavy (non-hydrogen) atoms. The van der Waals surface area contributed by atoms with E-state index >= 15 is 0 Å². The van der Waals surface area contributed by atoms with Crippen LogP contribution in [0.3, 0.4) is 0 Å². The van der Waals surface area contributed by atoms with E-state index in [1.165, 1.54) is 0 Å². The highest BCUT2D eigenvalue weighted by molar-refractivity contribution is 9.10. The van der Waals surface area contributed by atoms with Gasteiger partial charge in [0, 0.05) is 4.47 Å². The van der Waals surface area contributed by atoms with Crippen LogP contribution in [0.5, 0.6) is 5.75 Å². The Morgan fingerprint density at radius 2 is 1.42 bits per heavy atom. The van der Waals surface area contributed by atoms with E-state index in [0.717, 1.165) is 39.3 Å². The van der Waals surface area contributed by atoms with Crippen molar-refractivity contribution >= 4 is 27.3 Å². The summed E-state index contributed by atoms with van der Waals surface area (Å²) in [4.78, 5) is 0. The molecule has 3 aromatic carbocycles. The fourth-order valence-electron chi connectivity index (χ4n) is 2.37. The first-order chi connectivity index (χ1) is 12.6. The van der Waals surface area contributed by atoms with Gasteiger partial charge in [-0.2, -0.15) is 10.2 Å². The average Bonchev–Trinajstić information content (AvgIpc) is 2.67. The lowest BCUT2D eigenvalue weighted by atomic mass is 10.1. The Balaban J connectivity index is 1.71. The van der Waals surface area contributed by atoms with Gasteiger partial charge in [0.25, 0.3) is 0 Å². The second-order valence-corrected chi connectivity index (χ2v) is 7.37. The van der Waals surface area contributed by atoms with Crippen LogP contribution < -0.4 is 4.74 Å².